The molecule has 1 aromatic heterocycles. The number of hydrogen-bond acceptors (Lipinski definition) is 2. The van der Waals surface area contributed by atoms with Gasteiger partial charge in [0.2, 0.25) is 0 Å². The van der Waals surface area contributed by atoms with Crippen LogP contribution in [0.15, 0.2) is 205 Å². The first kappa shape index (κ1) is 26.0. The Bertz CT molecular complexity index is 3100. The fourth-order valence-corrected chi connectivity index (χ4v) is 7.45. The van der Waals surface area contributed by atoms with Gasteiger partial charge in [0.25, 0.3) is 0 Å². The van der Waals surface area contributed by atoms with Gasteiger partial charge in [0.1, 0.15) is 11.2 Å². The van der Waals surface area contributed by atoms with Crippen LogP contribution < -0.4 is 4.90 Å². The van der Waals surface area contributed by atoms with Gasteiger partial charge in [-0.3, -0.25) is 0 Å². The minimum absolute atomic E-state index is 0.0948. The maximum Gasteiger partial charge on any atom is 0.143 e. The number of furan rings is 1. The average Bonchev–Trinajstić information content (AvgIpc) is 3.65. The second-order valence-corrected chi connectivity index (χ2v) is 13.0. The Morgan fingerprint density at radius 1 is 0.385 bits per heavy atom. The quantitative estimate of drug-likeness (QED) is 0.175. The first-order valence-corrected chi connectivity index (χ1v) is 17.4. The van der Waals surface area contributed by atoms with E-state index < -0.39 is 0 Å². The fraction of sp³-hybridized carbons (Fsp3) is 0. The highest BCUT2D eigenvalue weighted by Crippen LogP contribution is 2.42. The van der Waals surface area contributed by atoms with Gasteiger partial charge < -0.3 is 9.32 Å². The molecule has 0 fully saturated rings. The summed E-state index contributed by atoms with van der Waals surface area (Å²) < 4.78 is 43.8. The van der Waals surface area contributed by atoms with Gasteiger partial charge in [-0.1, -0.05) is 152 Å². The number of benzene rings is 9. The second kappa shape index (κ2) is 12.5. The van der Waals surface area contributed by atoms with Crippen LogP contribution >= 0.6 is 0 Å². The van der Waals surface area contributed by atoms with Crippen molar-refractivity contribution in [3.8, 4) is 33.4 Å². The highest BCUT2D eigenvalue weighted by Gasteiger charge is 2.18. The van der Waals surface area contributed by atoms with E-state index in [1.165, 1.54) is 0 Å². The highest BCUT2D eigenvalue weighted by molar-refractivity contribution is 6.19. The minimum Gasteiger partial charge on any atom is -0.455 e. The first-order chi connectivity index (χ1) is 27.5. The summed E-state index contributed by atoms with van der Waals surface area (Å²) in [6, 6.07) is 58.2. The number of fused-ring (bicyclic) bond motifs is 6. The van der Waals surface area contributed by atoms with Crippen LogP contribution in [0.5, 0.6) is 0 Å². The molecule has 2 nitrogen and oxygen atoms in total. The van der Waals surface area contributed by atoms with E-state index in [0.29, 0.717) is 16.9 Å². The van der Waals surface area contributed by atoms with Crippen LogP contribution in [0.2, 0.25) is 0 Å². The summed E-state index contributed by atoms with van der Waals surface area (Å²) in [7, 11) is 0. The molecule has 0 saturated carbocycles. The Labute approximate surface area is 308 Å². The Hall–Kier alpha value is -6.90. The molecule has 0 atom stereocenters. The van der Waals surface area contributed by atoms with Gasteiger partial charge >= 0.3 is 0 Å². The van der Waals surface area contributed by atoms with Crippen molar-refractivity contribution in [3.05, 3.63) is 200 Å². The molecule has 0 N–H and O–H groups in total. The molecular weight excluding hydrogens is 631 g/mol. The van der Waals surface area contributed by atoms with Crippen LogP contribution in [0, 0.1) is 0 Å². The van der Waals surface area contributed by atoms with Gasteiger partial charge in [0.15, 0.2) is 0 Å². The molecule has 52 heavy (non-hydrogen) atoms. The summed E-state index contributed by atoms with van der Waals surface area (Å²) in [5.74, 6) is 0. The monoisotopic (exact) mass is 667 g/mol. The summed E-state index contributed by atoms with van der Waals surface area (Å²) in [5, 5.41) is 6.51. The van der Waals surface area contributed by atoms with Crippen LogP contribution in [-0.4, -0.2) is 0 Å². The van der Waals surface area contributed by atoms with E-state index in [0.717, 1.165) is 65.7 Å². The normalized spacial score (nSPS) is 12.5. The minimum atomic E-state index is -0.122. The summed E-state index contributed by atoms with van der Waals surface area (Å²) >= 11 is 0. The van der Waals surface area contributed by atoms with Gasteiger partial charge in [-0.25, -0.2) is 0 Å². The molecule has 0 bridgehead atoms. The Balaban J connectivity index is 1.17. The summed E-state index contributed by atoms with van der Waals surface area (Å²) in [5.41, 5.74) is 8.17. The largest absolute Gasteiger partial charge is 0.455 e. The van der Waals surface area contributed by atoms with Crippen LogP contribution in [0.4, 0.5) is 17.1 Å². The molecule has 0 saturated heterocycles. The highest BCUT2D eigenvalue weighted by atomic mass is 16.3. The summed E-state index contributed by atoms with van der Waals surface area (Å²) in [4.78, 5) is 1.85. The third kappa shape index (κ3) is 5.12. The zero-order chi connectivity index (χ0) is 37.9. The van der Waals surface area contributed by atoms with Gasteiger partial charge in [-0.05, 0) is 98.0 Å². The standard InChI is InChI=1S/C50H33NO/c1-2-11-34(12-3-1)35-23-28-40(29-24-35)51(41-30-25-38(26-31-41)44-20-9-15-36-13-4-6-18-43(36)44)42-17-8-16-39(33-42)45-21-10-22-48-49(45)47-32-27-37-14-5-7-19-46(37)50(47)52-48/h1-33H/i23D,24D,28D,29D. The third-order valence-corrected chi connectivity index (χ3v) is 9.93. The lowest BCUT2D eigenvalue weighted by Crippen LogP contribution is -2.10. The van der Waals surface area contributed by atoms with Crippen LogP contribution in [0.1, 0.15) is 5.48 Å². The number of anilines is 3. The van der Waals surface area contributed by atoms with Crippen molar-refractivity contribution in [2.75, 3.05) is 4.90 Å². The SMILES string of the molecule is [2H]c1c([2H])c(N(c2ccc(-c3cccc4ccccc34)cc2)c2cccc(-c3cccc4oc5c6ccccc6ccc5c34)c2)c([2H])c([2H])c1-c1ccccc1. The predicted molar refractivity (Wildman–Crippen MR) is 220 cm³/mol. The van der Waals surface area contributed by atoms with Gasteiger partial charge in [0, 0.05) is 33.2 Å². The molecule has 0 aliphatic rings. The van der Waals surface area contributed by atoms with E-state index in [4.69, 9.17) is 4.42 Å². The summed E-state index contributed by atoms with van der Waals surface area (Å²) in [6.07, 6.45) is 0. The maximum absolute atomic E-state index is 9.44. The predicted octanol–water partition coefficient (Wildman–Crippen LogP) is 14.4. The van der Waals surface area contributed by atoms with Crippen molar-refractivity contribution in [1.82, 2.24) is 0 Å². The van der Waals surface area contributed by atoms with Crippen molar-refractivity contribution in [2.24, 2.45) is 0 Å². The third-order valence-electron chi connectivity index (χ3n) is 9.93. The van der Waals surface area contributed by atoms with Crippen molar-refractivity contribution in [3.63, 3.8) is 0 Å². The molecule has 10 aromatic rings. The van der Waals surface area contributed by atoms with Crippen LogP contribution in [0.25, 0.3) is 76.9 Å². The van der Waals surface area contributed by atoms with Gasteiger partial charge in [-0.15, -0.1) is 0 Å². The average molecular weight is 668 g/mol. The van der Waals surface area contributed by atoms with Gasteiger partial charge in [0.05, 0.1) is 5.48 Å². The van der Waals surface area contributed by atoms with Crippen molar-refractivity contribution in [1.29, 1.82) is 0 Å². The number of nitrogens with zero attached hydrogens (tertiary/aromatic N) is 1. The molecule has 0 radical (unpaired) electrons. The van der Waals surface area contributed by atoms with E-state index in [1.54, 1.807) is 0 Å². The molecule has 1 heterocycles. The zero-order valence-corrected chi connectivity index (χ0v) is 28.1. The summed E-state index contributed by atoms with van der Waals surface area (Å²) in [6.45, 7) is 0. The van der Waals surface area contributed by atoms with Crippen LogP contribution in [-0.2, 0) is 0 Å². The van der Waals surface area contributed by atoms with Crippen molar-refractivity contribution >= 4 is 60.5 Å². The Morgan fingerprint density at radius 3 is 1.87 bits per heavy atom. The van der Waals surface area contributed by atoms with Crippen molar-refractivity contribution < 1.29 is 9.90 Å². The molecule has 0 aliphatic heterocycles. The van der Waals surface area contributed by atoms with E-state index >= 15 is 0 Å². The fourth-order valence-electron chi connectivity index (χ4n) is 7.45. The second-order valence-electron chi connectivity index (χ2n) is 13.0. The van der Waals surface area contributed by atoms with Crippen LogP contribution in [0.3, 0.4) is 0 Å². The van der Waals surface area contributed by atoms with Crippen molar-refractivity contribution in [2.45, 2.75) is 0 Å². The van der Waals surface area contributed by atoms with E-state index in [1.807, 2.05) is 95.9 Å². The molecule has 0 aliphatic carbocycles. The molecular formula is C50H33NO. The van der Waals surface area contributed by atoms with Gasteiger partial charge in [-0.2, -0.15) is 0 Å². The number of rotatable bonds is 6. The zero-order valence-electron chi connectivity index (χ0n) is 32.1. The Morgan fingerprint density at radius 2 is 1.04 bits per heavy atom. The van der Waals surface area contributed by atoms with E-state index in [2.05, 4.69) is 84.9 Å². The smallest absolute Gasteiger partial charge is 0.143 e. The molecule has 2 heteroatoms. The molecule has 10 rings (SSSR count). The molecule has 0 amide bonds. The topological polar surface area (TPSA) is 16.4 Å². The van der Waals surface area contributed by atoms with E-state index in [9.17, 15) is 5.48 Å². The number of hydrogen-bond donors (Lipinski definition) is 0. The molecule has 244 valence electrons. The molecule has 0 spiro atoms. The first-order valence-electron chi connectivity index (χ1n) is 19.4. The lowest BCUT2D eigenvalue weighted by Gasteiger charge is -2.26. The lowest BCUT2D eigenvalue weighted by molar-refractivity contribution is 0.673. The Kier molecular flexibility index (Phi) is 6.22. The lowest BCUT2D eigenvalue weighted by atomic mass is 9.97. The maximum atomic E-state index is 9.44. The van der Waals surface area contributed by atoms with E-state index in [-0.39, 0.29) is 35.4 Å². The molecule has 9 aromatic carbocycles. The molecule has 0 unspecified atom stereocenters.